The van der Waals surface area contributed by atoms with Crippen LogP contribution < -0.4 is 0 Å². The van der Waals surface area contributed by atoms with Crippen molar-refractivity contribution in [2.45, 2.75) is 4.90 Å². The zero-order chi connectivity index (χ0) is 10.7. The molecule has 0 radical (unpaired) electrons. The van der Waals surface area contributed by atoms with E-state index < -0.39 is 8.87 Å². The van der Waals surface area contributed by atoms with E-state index in [0.29, 0.717) is 9.27 Å². The highest BCUT2D eigenvalue weighted by Crippen LogP contribution is 2.31. The summed E-state index contributed by atoms with van der Waals surface area (Å²) < 4.78 is 24.4. The van der Waals surface area contributed by atoms with Gasteiger partial charge in [0, 0.05) is 16.5 Å². The Morgan fingerprint density at radius 3 is 2.60 bits per heavy atom. The van der Waals surface area contributed by atoms with Crippen LogP contribution in [0.2, 0.25) is 0 Å². The molecule has 1 aliphatic rings. The van der Waals surface area contributed by atoms with Crippen LogP contribution in [-0.4, -0.2) is 25.1 Å². The Morgan fingerprint density at radius 2 is 2.00 bits per heavy atom. The lowest BCUT2D eigenvalue weighted by Gasteiger charge is -2.01. The van der Waals surface area contributed by atoms with Crippen molar-refractivity contribution in [3.63, 3.8) is 0 Å². The van der Waals surface area contributed by atoms with Gasteiger partial charge in [0.1, 0.15) is 4.38 Å². The van der Waals surface area contributed by atoms with Crippen LogP contribution >= 0.6 is 22.6 Å². The van der Waals surface area contributed by atoms with Gasteiger partial charge >= 0.3 is 0 Å². The van der Waals surface area contributed by atoms with E-state index in [1.165, 1.54) is 11.8 Å². The number of nitrogens with zero attached hydrogens (tertiary/aromatic N) is 1. The van der Waals surface area contributed by atoms with Crippen LogP contribution in [-0.2, 0) is 8.87 Å². The minimum Gasteiger partial charge on any atom is -0.270 e. The first kappa shape index (κ1) is 11.0. The van der Waals surface area contributed by atoms with Gasteiger partial charge < -0.3 is 0 Å². The summed E-state index contributed by atoms with van der Waals surface area (Å²) in [6, 6.07) is 8.44. The minimum absolute atomic E-state index is 0.338. The van der Waals surface area contributed by atoms with E-state index in [-0.39, 0.29) is 0 Å². The molecule has 0 saturated heterocycles. The van der Waals surface area contributed by atoms with E-state index in [1.807, 2.05) is 0 Å². The van der Waals surface area contributed by atoms with Gasteiger partial charge in [-0.2, -0.15) is 0 Å². The van der Waals surface area contributed by atoms with Gasteiger partial charge in [0.15, 0.2) is 0 Å². The fraction of sp³-hybridized carbons (Fsp3) is 0.222. The number of hydrogen-bond donors (Lipinski definition) is 0. The molecule has 0 fully saturated rings. The van der Waals surface area contributed by atoms with Gasteiger partial charge in [-0.3, -0.25) is 4.99 Å². The first-order valence-electron chi connectivity index (χ1n) is 4.35. The molecule has 1 aliphatic heterocycles. The Labute approximate surface area is 96.7 Å². The highest BCUT2D eigenvalue weighted by atomic mass is 33.1. The second-order valence-electron chi connectivity index (χ2n) is 2.85. The van der Waals surface area contributed by atoms with E-state index in [9.17, 15) is 8.42 Å². The number of thioether (sulfide) groups is 1. The summed E-state index contributed by atoms with van der Waals surface area (Å²) in [6.45, 7) is 0.720. The van der Waals surface area contributed by atoms with Crippen LogP contribution in [0.1, 0.15) is 0 Å². The quantitative estimate of drug-likeness (QED) is 0.764. The van der Waals surface area contributed by atoms with Crippen LogP contribution in [0.3, 0.4) is 0 Å². The van der Waals surface area contributed by atoms with Crippen LogP contribution in [0.5, 0.6) is 0 Å². The van der Waals surface area contributed by atoms with Crippen LogP contribution in [0, 0.1) is 0 Å². The molecule has 6 heteroatoms. The van der Waals surface area contributed by atoms with Gasteiger partial charge in [-0.1, -0.05) is 30.0 Å². The largest absolute Gasteiger partial charge is 0.270 e. The first-order valence-corrected chi connectivity index (χ1v) is 8.15. The lowest BCUT2D eigenvalue weighted by atomic mass is 10.4. The van der Waals surface area contributed by atoms with Crippen molar-refractivity contribution in [1.29, 1.82) is 0 Å². The molecule has 0 saturated carbocycles. The lowest BCUT2D eigenvalue weighted by Crippen LogP contribution is -1.97. The molecule has 0 bridgehead atoms. The third-order valence-corrected chi connectivity index (χ3v) is 6.50. The molecule has 1 heterocycles. The molecule has 0 atom stereocenters. The summed E-state index contributed by atoms with van der Waals surface area (Å²) in [4.78, 5) is 4.45. The summed E-state index contributed by atoms with van der Waals surface area (Å²) >= 11 is 1.50. The fourth-order valence-corrected chi connectivity index (χ4v) is 5.58. The number of hydrogen-bond acceptors (Lipinski definition) is 5. The molecule has 0 N–H and O–H groups in total. The Bertz CT molecular complexity index is 467. The molecule has 3 nitrogen and oxygen atoms in total. The topological polar surface area (TPSA) is 46.5 Å². The lowest BCUT2D eigenvalue weighted by molar-refractivity contribution is 0.610. The second-order valence-corrected chi connectivity index (χ2v) is 7.94. The molecular formula is C9H9NO2S3. The van der Waals surface area contributed by atoms with Gasteiger partial charge in [-0.25, -0.2) is 8.42 Å². The first-order chi connectivity index (χ1) is 7.18. The van der Waals surface area contributed by atoms with Gasteiger partial charge in [-0.15, -0.1) is 0 Å². The maximum atomic E-state index is 11.9. The fourth-order valence-electron chi connectivity index (χ4n) is 1.10. The van der Waals surface area contributed by atoms with E-state index in [2.05, 4.69) is 4.99 Å². The van der Waals surface area contributed by atoms with Crippen molar-refractivity contribution in [1.82, 2.24) is 0 Å². The van der Waals surface area contributed by atoms with Gasteiger partial charge in [0.05, 0.1) is 11.4 Å². The van der Waals surface area contributed by atoms with Crippen LogP contribution in [0.15, 0.2) is 40.2 Å². The molecule has 0 spiro atoms. The van der Waals surface area contributed by atoms with E-state index >= 15 is 0 Å². The second kappa shape index (κ2) is 4.59. The Hall–Kier alpha value is -0.460. The molecule has 15 heavy (non-hydrogen) atoms. The van der Waals surface area contributed by atoms with Crippen molar-refractivity contribution >= 4 is 35.8 Å². The normalized spacial score (nSPS) is 16.4. The predicted octanol–water partition coefficient (Wildman–Crippen LogP) is 2.21. The standard InChI is InChI=1S/C9H9NO2S3/c11-15(12,8-4-2-1-3-5-8)14-9-10-6-7-13-9/h1-5H,6-7H2. The summed E-state index contributed by atoms with van der Waals surface area (Å²) in [5.41, 5.74) is 0. The Balaban J connectivity index is 2.21. The van der Waals surface area contributed by atoms with Crippen molar-refractivity contribution < 1.29 is 8.42 Å². The van der Waals surface area contributed by atoms with Crippen LogP contribution in [0.25, 0.3) is 0 Å². The molecule has 1 aromatic rings. The molecule has 2 rings (SSSR count). The summed E-state index contributed by atoms with van der Waals surface area (Å²) in [5, 5.41) is 0. The van der Waals surface area contributed by atoms with E-state index in [1.54, 1.807) is 30.3 Å². The monoisotopic (exact) mass is 259 g/mol. The maximum absolute atomic E-state index is 11.9. The summed E-state index contributed by atoms with van der Waals surface area (Å²) in [5.74, 6) is 0.882. The number of rotatable bonds is 2. The van der Waals surface area contributed by atoms with E-state index in [0.717, 1.165) is 23.1 Å². The molecule has 0 amide bonds. The van der Waals surface area contributed by atoms with Crippen molar-refractivity contribution in [3.05, 3.63) is 30.3 Å². The van der Waals surface area contributed by atoms with Crippen molar-refractivity contribution in [2.75, 3.05) is 12.3 Å². The predicted molar refractivity (Wildman–Crippen MR) is 66.0 cm³/mol. The van der Waals surface area contributed by atoms with Gasteiger partial charge in [0.2, 0.25) is 8.87 Å². The number of aliphatic imine (C=N–C) groups is 1. The third kappa shape index (κ3) is 2.76. The average molecular weight is 259 g/mol. The average Bonchev–Trinajstić information content (AvgIpc) is 2.71. The zero-order valence-corrected chi connectivity index (χ0v) is 10.2. The van der Waals surface area contributed by atoms with Gasteiger partial charge in [-0.05, 0) is 12.1 Å². The zero-order valence-electron chi connectivity index (χ0n) is 7.79. The number of benzene rings is 1. The molecule has 0 aromatic heterocycles. The molecule has 1 aromatic carbocycles. The molecule has 0 aliphatic carbocycles. The molecule has 0 unspecified atom stereocenters. The molecule has 80 valence electrons. The third-order valence-electron chi connectivity index (χ3n) is 1.77. The SMILES string of the molecule is O=S(=O)(SC1=NCCS1)c1ccccc1. The van der Waals surface area contributed by atoms with E-state index in [4.69, 9.17) is 0 Å². The smallest absolute Gasteiger partial charge is 0.236 e. The highest BCUT2D eigenvalue weighted by Gasteiger charge is 2.20. The van der Waals surface area contributed by atoms with Crippen molar-refractivity contribution in [3.8, 4) is 0 Å². The van der Waals surface area contributed by atoms with Crippen LogP contribution in [0.4, 0.5) is 0 Å². The Kier molecular flexibility index (Phi) is 3.38. The maximum Gasteiger partial charge on any atom is 0.236 e. The molecular weight excluding hydrogens is 250 g/mol. The van der Waals surface area contributed by atoms with Crippen molar-refractivity contribution in [2.24, 2.45) is 4.99 Å². The van der Waals surface area contributed by atoms with Gasteiger partial charge in [0.25, 0.3) is 0 Å². The summed E-state index contributed by atoms with van der Waals surface area (Å²) in [7, 11) is -2.43. The summed E-state index contributed by atoms with van der Waals surface area (Å²) in [6.07, 6.45) is 0. The Morgan fingerprint density at radius 1 is 1.27 bits per heavy atom. The minimum atomic E-state index is -3.28. The highest BCUT2D eigenvalue weighted by molar-refractivity contribution is 8.82.